The zero-order chi connectivity index (χ0) is 21.3. The van der Waals surface area contributed by atoms with Crippen LogP contribution in [0.2, 0.25) is 0 Å². The molecule has 0 unspecified atom stereocenters. The second kappa shape index (κ2) is 8.43. The van der Waals surface area contributed by atoms with Crippen molar-refractivity contribution in [3.63, 3.8) is 0 Å². The average molecular weight is 399 g/mol. The fourth-order valence-electron chi connectivity index (χ4n) is 4.54. The zero-order valence-corrected chi connectivity index (χ0v) is 18.3. The Morgan fingerprint density at radius 2 is 1.77 bits per heavy atom. The first-order valence-corrected chi connectivity index (χ1v) is 10.9. The summed E-state index contributed by atoms with van der Waals surface area (Å²) in [5, 5.41) is 4.89. The van der Waals surface area contributed by atoms with E-state index in [4.69, 9.17) is 5.10 Å². The van der Waals surface area contributed by atoms with Crippen LogP contribution in [0.4, 0.5) is 0 Å². The number of allylic oxidation sites excluding steroid dienone is 1. The largest absolute Gasteiger partial charge is 0.271 e. The Balaban J connectivity index is 1.80. The topological polar surface area (TPSA) is 34.9 Å². The van der Waals surface area contributed by atoms with E-state index in [9.17, 15) is 4.79 Å². The van der Waals surface area contributed by atoms with Crippen molar-refractivity contribution < 1.29 is 4.79 Å². The number of hydrogen-bond acceptors (Lipinski definition) is 2. The van der Waals surface area contributed by atoms with Crippen LogP contribution < -0.4 is 0 Å². The first-order chi connectivity index (χ1) is 14.5. The van der Waals surface area contributed by atoms with Crippen LogP contribution >= 0.6 is 0 Å². The summed E-state index contributed by atoms with van der Waals surface area (Å²) in [6, 6.07) is 18.5. The lowest BCUT2D eigenvalue weighted by Gasteiger charge is -2.30. The lowest BCUT2D eigenvalue weighted by molar-refractivity contribution is 0.0947. The second-order valence-electron chi connectivity index (χ2n) is 8.84. The van der Waals surface area contributed by atoms with Crippen LogP contribution in [-0.4, -0.2) is 15.7 Å². The van der Waals surface area contributed by atoms with E-state index < -0.39 is 0 Å². The van der Waals surface area contributed by atoms with Crippen molar-refractivity contribution >= 4 is 12.0 Å². The number of benzene rings is 2. The summed E-state index contributed by atoms with van der Waals surface area (Å²) in [5.41, 5.74) is 6.64. The van der Waals surface area contributed by atoms with Crippen molar-refractivity contribution in [3.05, 3.63) is 83.1 Å². The number of carbonyl (C=O) groups is 1. The zero-order valence-electron chi connectivity index (χ0n) is 18.3. The molecule has 2 aromatic carbocycles. The van der Waals surface area contributed by atoms with E-state index in [2.05, 4.69) is 52.0 Å². The van der Waals surface area contributed by atoms with Crippen molar-refractivity contribution in [1.82, 2.24) is 9.78 Å². The molecule has 0 bridgehead atoms. The standard InChI is InChI=1S/C27H30N2O/c1-18(2)23-16-12-20(4)25-26(22-8-6-5-7-9-22)28-29(27(23)25)24(30)17-15-21-13-10-19(3)11-14-21/h5-11,13-15,17-18,20,23H,12,16H2,1-4H3/b17-15+/t20-,23-/m1/s1. The predicted octanol–water partition coefficient (Wildman–Crippen LogP) is 6.85. The van der Waals surface area contributed by atoms with E-state index >= 15 is 0 Å². The molecule has 0 spiro atoms. The summed E-state index contributed by atoms with van der Waals surface area (Å²) in [6.45, 7) is 8.82. The van der Waals surface area contributed by atoms with Crippen molar-refractivity contribution in [2.75, 3.05) is 0 Å². The first kappa shape index (κ1) is 20.3. The number of carbonyl (C=O) groups excluding carboxylic acids is 1. The molecule has 2 atom stereocenters. The van der Waals surface area contributed by atoms with E-state index in [1.165, 1.54) is 11.1 Å². The molecular formula is C27H30N2O. The molecule has 0 saturated carbocycles. The van der Waals surface area contributed by atoms with Crippen molar-refractivity contribution in [2.45, 2.75) is 52.4 Å². The number of rotatable bonds is 4. The summed E-state index contributed by atoms with van der Waals surface area (Å²) < 4.78 is 1.68. The van der Waals surface area contributed by atoms with E-state index in [0.717, 1.165) is 35.4 Å². The van der Waals surface area contributed by atoms with Gasteiger partial charge in [-0.3, -0.25) is 4.79 Å². The van der Waals surface area contributed by atoms with Crippen molar-refractivity contribution in [2.24, 2.45) is 5.92 Å². The summed E-state index contributed by atoms with van der Waals surface area (Å²) in [4.78, 5) is 13.3. The molecule has 0 fully saturated rings. The molecule has 30 heavy (non-hydrogen) atoms. The van der Waals surface area contributed by atoms with Gasteiger partial charge in [-0.05, 0) is 43.2 Å². The maximum Gasteiger partial charge on any atom is 0.271 e. The first-order valence-electron chi connectivity index (χ1n) is 10.9. The maximum atomic E-state index is 13.3. The Bertz CT molecular complexity index is 1060. The SMILES string of the molecule is Cc1ccc(/C=C/C(=O)n2nc(-c3ccccc3)c3c2[C@@H](C(C)C)CC[C@H]3C)cc1. The molecule has 1 aromatic heterocycles. The molecular weight excluding hydrogens is 368 g/mol. The number of hydrogen-bond donors (Lipinski definition) is 0. The molecule has 0 amide bonds. The molecule has 0 aliphatic heterocycles. The third-order valence-corrected chi connectivity index (χ3v) is 6.27. The highest BCUT2D eigenvalue weighted by atomic mass is 16.2. The number of nitrogens with zero attached hydrogens (tertiary/aromatic N) is 2. The molecule has 1 aliphatic carbocycles. The lowest BCUT2D eigenvalue weighted by Crippen LogP contribution is -2.23. The van der Waals surface area contributed by atoms with Crippen molar-refractivity contribution in [3.8, 4) is 11.3 Å². The van der Waals surface area contributed by atoms with Gasteiger partial charge in [0.05, 0.1) is 11.4 Å². The number of aromatic nitrogens is 2. The highest BCUT2D eigenvalue weighted by molar-refractivity contribution is 5.94. The predicted molar refractivity (Wildman–Crippen MR) is 124 cm³/mol. The van der Waals surface area contributed by atoms with Crippen LogP contribution in [0, 0.1) is 12.8 Å². The van der Waals surface area contributed by atoms with Crippen LogP contribution in [0.15, 0.2) is 60.7 Å². The molecule has 3 heteroatoms. The molecule has 0 saturated heterocycles. The van der Waals surface area contributed by atoms with Gasteiger partial charge in [-0.25, -0.2) is 4.68 Å². The maximum absolute atomic E-state index is 13.3. The third kappa shape index (κ3) is 3.89. The molecule has 1 aliphatic rings. The summed E-state index contributed by atoms with van der Waals surface area (Å²) in [6.07, 6.45) is 5.77. The van der Waals surface area contributed by atoms with Crippen LogP contribution in [-0.2, 0) is 0 Å². The molecule has 154 valence electrons. The number of aryl methyl sites for hydroxylation is 1. The van der Waals surface area contributed by atoms with E-state index in [-0.39, 0.29) is 5.91 Å². The van der Waals surface area contributed by atoms with Gasteiger partial charge in [0.2, 0.25) is 0 Å². The quantitative estimate of drug-likeness (QED) is 0.451. The Hall–Kier alpha value is -2.94. The highest BCUT2D eigenvalue weighted by Crippen LogP contribution is 2.46. The van der Waals surface area contributed by atoms with Crippen molar-refractivity contribution in [1.29, 1.82) is 0 Å². The van der Waals surface area contributed by atoms with Gasteiger partial charge in [-0.15, -0.1) is 0 Å². The Labute approximate surface area is 179 Å². The molecule has 3 aromatic rings. The van der Waals surface area contributed by atoms with Gasteiger partial charge in [0.1, 0.15) is 0 Å². The Morgan fingerprint density at radius 1 is 1.07 bits per heavy atom. The average Bonchev–Trinajstić information content (AvgIpc) is 3.15. The van der Waals surface area contributed by atoms with E-state index in [0.29, 0.717) is 17.8 Å². The molecule has 0 N–H and O–H groups in total. The minimum atomic E-state index is -0.0752. The van der Waals surface area contributed by atoms with E-state index in [1.54, 1.807) is 10.8 Å². The fourth-order valence-corrected chi connectivity index (χ4v) is 4.54. The molecule has 0 radical (unpaired) electrons. The molecule has 4 rings (SSSR count). The van der Waals surface area contributed by atoms with Gasteiger partial charge < -0.3 is 0 Å². The van der Waals surface area contributed by atoms with Gasteiger partial charge in [0, 0.05) is 23.1 Å². The third-order valence-electron chi connectivity index (χ3n) is 6.27. The lowest BCUT2D eigenvalue weighted by atomic mass is 9.75. The van der Waals surface area contributed by atoms with Gasteiger partial charge in [-0.2, -0.15) is 5.10 Å². The minimum Gasteiger partial charge on any atom is -0.267 e. The smallest absolute Gasteiger partial charge is 0.267 e. The van der Waals surface area contributed by atoms with Gasteiger partial charge >= 0.3 is 0 Å². The monoisotopic (exact) mass is 398 g/mol. The van der Waals surface area contributed by atoms with Crippen LogP contribution in [0.5, 0.6) is 0 Å². The van der Waals surface area contributed by atoms with E-state index in [1.807, 2.05) is 36.4 Å². The summed E-state index contributed by atoms with van der Waals surface area (Å²) in [7, 11) is 0. The van der Waals surface area contributed by atoms with Crippen LogP contribution in [0.25, 0.3) is 17.3 Å². The summed E-state index contributed by atoms with van der Waals surface area (Å²) >= 11 is 0. The highest BCUT2D eigenvalue weighted by Gasteiger charge is 2.35. The summed E-state index contributed by atoms with van der Waals surface area (Å²) in [5.74, 6) is 1.13. The molecule has 1 heterocycles. The minimum absolute atomic E-state index is 0.0752. The molecule has 3 nitrogen and oxygen atoms in total. The van der Waals surface area contributed by atoms with Gasteiger partial charge in [0.15, 0.2) is 0 Å². The second-order valence-corrected chi connectivity index (χ2v) is 8.84. The fraction of sp³-hybridized carbons (Fsp3) is 0.333. The van der Waals surface area contributed by atoms with Crippen LogP contribution in [0.1, 0.15) is 72.6 Å². The normalized spacial score (nSPS) is 18.7. The van der Waals surface area contributed by atoms with Gasteiger partial charge in [0.25, 0.3) is 5.91 Å². The Kier molecular flexibility index (Phi) is 5.72. The number of fused-ring (bicyclic) bond motifs is 1. The Morgan fingerprint density at radius 3 is 2.43 bits per heavy atom. The van der Waals surface area contributed by atoms with Gasteiger partial charge in [-0.1, -0.05) is 80.9 Å². The van der Waals surface area contributed by atoms with Crippen LogP contribution in [0.3, 0.4) is 0 Å².